The van der Waals surface area contributed by atoms with Crippen LogP contribution in [0.2, 0.25) is 0 Å². The number of ether oxygens (including phenoxy) is 1. The molecule has 0 bridgehead atoms. The van der Waals surface area contributed by atoms with E-state index in [0.29, 0.717) is 0 Å². The maximum atomic E-state index is 9.25. The van der Waals surface area contributed by atoms with Crippen molar-refractivity contribution in [1.29, 1.82) is 0 Å². The summed E-state index contributed by atoms with van der Waals surface area (Å²) in [5.74, 6) is -0.109. The average Bonchev–Trinajstić information content (AvgIpc) is 1.35. The van der Waals surface area contributed by atoms with Crippen LogP contribution in [-0.2, 0) is 9.53 Å². The summed E-state index contributed by atoms with van der Waals surface area (Å²) in [4.78, 5) is 9.25. The van der Waals surface area contributed by atoms with E-state index in [1.165, 1.54) is 6.47 Å². The molecule has 2 atom stereocenters. The van der Waals surface area contributed by atoms with Crippen LogP contribution in [0, 0.1) is 0 Å². The smallest absolute Gasteiger partial charge is 0.418 e. The van der Waals surface area contributed by atoms with Crippen molar-refractivity contribution in [2.45, 2.75) is 12.8 Å². The molecule has 1 radical (unpaired) electrons. The highest BCUT2D eigenvalue weighted by Gasteiger charge is 1.85. The predicted molar refractivity (Wildman–Crippen MR) is 26.0 cm³/mol. The van der Waals surface area contributed by atoms with Crippen LogP contribution in [-0.4, -0.2) is 12.3 Å². The van der Waals surface area contributed by atoms with Gasteiger partial charge in [0.1, 0.15) is 5.85 Å². The third kappa shape index (κ3) is 3.90. The van der Waals surface area contributed by atoms with Crippen molar-refractivity contribution < 1.29 is 9.53 Å². The molecule has 0 aliphatic rings. The van der Waals surface area contributed by atoms with Crippen molar-refractivity contribution in [2.75, 3.05) is 0 Å². The molecular formula is C3H6O2P. The zero-order valence-corrected chi connectivity index (χ0v) is 4.63. The summed E-state index contributed by atoms with van der Waals surface area (Å²) in [5.41, 5.74) is 0. The van der Waals surface area contributed by atoms with E-state index in [1.807, 2.05) is 0 Å². The van der Waals surface area contributed by atoms with Crippen LogP contribution in [0.4, 0.5) is 0 Å². The lowest BCUT2D eigenvalue weighted by Crippen LogP contribution is -1.93. The molecule has 2 nitrogen and oxygen atoms in total. The Labute approximate surface area is 39.1 Å². The van der Waals surface area contributed by atoms with Crippen molar-refractivity contribution in [2.24, 2.45) is 0 Å². The Morgan fingerprint density at radius 2 is 2.50 bits per heavy atom. The number of hydrogen-bond donors (Lipinski definition) is 0. The molecule has 0 spiro atoms. The Morgan fingerprint density at radius 3 is 2.50 bits per heavy atom. The Morgan fingerprint density at radius 1 is 2.00 bits per heavy atom. The van der Waals surface area contributed by atoms with Gasteiger partial charge in [-0.05, 0) is 6.92 Å². The summed E-state index contributed by atoms with van der Waals surface area (Å²) in [6.07, 6.45) is 0. The highest BCUT2D eigenvalue weighted by atomic mass is 31.0. The third-order valence-electron chi connectivity index (χ3n) is 0.234. The SMILES string of the molecule is CC(P)O[C]=O. The number of hydrogen-bond acceptors (Lipinski definition) is 2. The van der Waals surface area contributed by atoms with Crippen LogP contribution in [0.1, 0.15) is 6.92 Å². The van der Waals surface area contributed by atoms with Crippen molar-refractivity contribution in [1.82, 2.24) is 0 Å². The summed E-state index contributed by atoms with van der Waals surface area (Å²) in [7, 11) is 2.29. The molecule has 0 N–H and O–H groups in total. The van der Waals surface area contributed by atoms with Crippen LogP contribution < -0.4 is 0 Å². The molecule has 0 aromatic carbocycles. The van der Waals surface area contributed by atoms with E-state index in [0.717, 1.165) is 0 Å². The lowest BCUT2D eigenvalue weighted by molar-refractivity contribution is 0.268. The molecule has 6 heavy (non-hydrogen) atoms. The Kier molecular flexibility index (Phi) is 3.05. The van der Waals surface area contributed by atoms with Gasteiger partial charge in [-0.2, -0.15) is 0 Å². The number of rotatable bonds is 2. The topological polar surface area (TPSA) is 26.3 Å². The van der Waals surface area contributed by atoms with Gasteiger partial charge in [0.2, 0.25) is 0 Å². The van der Waals surface area contributed by atoms with E-state index < -0.39 is 0 Å². The molecule has 0 aliphatic heterocycles. The first-order valence-electron chi connectivity index (χ1n) is 1.55. The fraction of sp³-hybridized carbons (Fsp3) is 0.667. The second kappa shape index (κ2) is 3.10. The molecule has 0 aromatic rings. The minimum absolute atomic E-state index is 0.109. The zero-order chi connectivity index (χ0) is 4.99. The standard InChI is InChI=1S/C3H6O2P/c1-3(6)5-2-4/h3H,6H2,1H3. The lowest BCUT2D eigenvalue weighted by atomic mass is 10.9. The van der Waals surface area contributed by atoms with Gasteiger partial charge in [-0.1, -0.05) is 9.24 Å². The summed E-state index contributed by atoms with van der Waals surface area (Å²) in [6, 6.07) is 0. The Balaban J connectivity index is 2.81. The van der Waals surface area contributed by atoms with E-state index in [1.54, 1.807) is 6.92 Å². The van der Waals surface area contributed by atoms with Crippen molar-refractivity contribution in [3.8, 4) is 0 Å². The van der Waals surface area contributed by atoms with Crippen molar-refractivity contribution >= 4 is 15.7 Å². The minimum atomic E-state index is -0.109. The van der Waals surface area contributed by atoms with Gasteiger partial charge in [0.25, 0.3) is 0 Å². The van der Waals surface area contributed by atoms with Crippen LogP contribution >= 0.6 is 9.24 Å². The van der Waals surface area contributed by atoms with E-state index in [9.17, 15) is 4.79 Å². The van der Waals surface area contributed by atoms with Gasteiger partial charge in [0.15, 0.2) is 0 Å². The van der Waals surface area contributed by atoms with Crippen LogP contribution in [0.15, 0.2) is 0 Å². The highest BCUT2D eigenvalue weighted by molar-refractivity contribution is 7.17. The second-order valence-corrected chi connectivity index (χ2v) is 1.85. The third-order valence-corrected chi connectivity index (χ3v) is 0.370. The molecule has 0 rings (SSSR count). The minimum Gasteiger partial charge on any atom is -0.450 e. The second-order valence-electron chi connectivity index (χ2n) is 0.906. The molecule has 0 aromatic heterocycles. The van der Waals surface area contributed by atoms with Gasteiger partial charge < -0.3 is 4.74 Å². The Bertz CT molecular complexity index is 44.1. The summed E-state index contributed by atoms with van der Waals surface area (Å²) < 4.78 is 4.20. The zero-order valence-electron chi connectivity index (χ0n) is 3.47. The van der Waals surface area contributed by atoms with Gasteiger partial charge in [0, 0.05) is 0 Å². The van der Waals surface area contributed by atoms with Crippen LogP contribution in [0.5, 0.6) is 0 Å². The van der Waals surface area contributed by atoms with E-state index in [-0.39, 0.29) is 5.85 Å². The molecule has 0 fully saturated rings. The van der Waals surface area contributed by atoms with Gasteiger partial charge in [-0.15, -0.1) is 0 Å². The molecule has 35 valence electrons. The fourth-order valence-electron chi connectivity index (χ4n) is 0.0759. The summed E-state index contributed by atoms with van der Waals surface area (Å²) in [5, 5.41) is 0. The average molecular weight is 105 g/mol. The molecule has 3 heteroatoms. The maximum absolute atomic E-state index is 9.25. The maximum Gasteiger partial charge on any atom is 0.418 e. The fourth-order valence-corrected chi connectivity index (χ4v) is 0.131. The molecule has 0 saturated heterocycles. The normalized spacial score (nSPS) is 13.0. The molecule has 0 aliphatic carbocycles. The molecule has 0 amide bonds. The lowest BCUT2D eigenvalue weighted by Gasteiger charge is -1.94. The van der Waals surface area contributed by atoms with Crippen molar-refractivity contribution in [3.63, 3.8) is 0 Å². The van der Waals surface area contributed by atoms with Gasteiger partial charge in [-0.3, -0.25) is 0 Å². The summed E-state index contributed by atoms with van der Waals surface area (Å²) >= 11 is 0. The summed E-state index contributed by atoms with van der Waals surface area (Å²) in [6.45, 7) is 3.03. The quantitative estimate of drug-likeness (QED) is 0.472. The van der Waals surface area contributed by atoms with Crippen LogP contribution in [0.3, 0.4) is 0 Å². The van der Waals surface area contributed by atoms with Crippen LogP contribution in [0.25, 0.3) is 0 Å². The van der Waals surface area contributed by atoms with E-state index in [4.69, 9.17) is 0 Å². The highest BCUT2D eigenvalue weighted by Crippen LogP contribution is 1.94. The first-order chi connectivity index (χ1) is 2.77. The first-order valence-corrected chi connectivity index (χ1v) is 2.22. The molecule has 0 heterocycles. The van der Waals surface area contributed by atoms with E-state index in [2.05, 4.69) is 14.0 Å². The van der Waals surface area contributed by atoms with Gasteiger partial charge in [0.05, 0.1) is 0 Å². The monoisotopic (exact) mass is 105 g/mol. The molecule has 0 saturated carbocycles. The molecule has 2 unspecified atom stereocenters. The Hall–Kier alpha value is -0.100. The van der Waals surface area contributed by atoms with Gasteiger partial charge in [-0.25, -0.2) is 4.79 Å². The van der Waals surface area contributed by atoms with Crippen molar-refractivity contribution in [3.05, 3.63) is 0 Å². The molecular weight excluding hydrogens is 99.0 g/mol. The first kappa shape index (κ1) is 5.90. The predicted octanol–water partition coefficient (Wildman–Crippen LogP) is 0.291. The van der Waals surface area contributed by atoms with Gasteiger partial charge >= 0.3 is 6.47 Å². The largest absolute Gasteiger partial charge is 0.450 e. The van der Waals surface area contributed by atoms with E-state index >= 15 is 0 Å². The number of carbonyl (C=O) groups excluding carboxylic acids is 1.